The van der Waals surface area contributed by atoms with Crippen LogP contribution in [0.2, 0.25) is 0 Å². The summed E-state index contributed by atoms with van der Waals surface area (Å²) in [7, 11) is 3.51. The highest BCUT2D eigenvalue weighted by Gasteiger charge is 2.29. The number of aliphatic imine (C=N–C) groups is 1. The summed E-state index contributed by atoms with van der Waals surface area (Å²) in [4.78, 5) is 17.6. The Hall–Kier alpha value is -0.910. The van der Waals surface area contributed by atoms with Crippen molar-refractivity contribution in [1.82, 2.24) is 15.5 Å². The third-order valence-corrected chi connectivity index (χ3v) is 5.02. The quantitative estimate of drug-likeness (QED) is 0.577. The number of amides is 1. The van der Waals surface area contributed by atoms with Crippen molar-refractivity contribution in [2.24, 2.45) is 10.9 Å². The van der Waals surface area contributed by atoms with Gasteiger partial charge in [-0.25, -0.2) is 4.99 Å². The van der Waals surface area contributed by atoms with Gasteiger partial charge in [0.25, 0.3) is 0 Å². The van der Waals surface area contributed by atoms with E-state index in [1.165, 1.54) is 18.6 Å². The van der Waals surface area contributed by atoms with E-state index >= 15 is 0 Å². The minimum absolute atomic E-state index is 0.0158. The van der Waals surface area contributed by atoms with Crippen molar-refractivity contribution in [1.29, 1.82) is 0 Å². The molecule has 1 fully saturated rings. The van der Waals surface area contributed by atoms with E-state index in [0.717, 1.165) is 19.0 Å². The molecular formula is C15H30N4OS. The van der Waals surface area contributed by atoms with Crippen LogP contribution in [-0.2, 0) is 4.79 Å². The Labute approximate surface area is 133 Å². The van der Waals surface area contributed by atoms with Crippen LogP contribution in [-0.4, -0.2) is 61.0 Å². The summed E-state index contributed by atoms with van der Waals surface area (Å²) < 4.78 is 0.284. The minimum atomic E-state index is 0.0158. The van der Waals surface area contributed by atoms with Crippen LogP contribution in [0.3, 0.4) is 0 Å². The van der Waals surface area contributed by atoms with E-state index in [-0.39, 0.29) is 17.2 Å². The molecule has 122 valence electrons. The molecule has 0 aromatic carbocycles. The number of carbonyl (C=O) groups excluding carboxylic acids is 1. The van der Waals surface area contributed by atoms with E-state index in [1.54, 1.807) is 19.0 Å². The summed E-state index contributed by atoms with van der Waals surface area (Å²) in [6, 6.07) is 0. The first-order chi connectivity index (χ1) is 9.82. The fourth-order valence-electron chi connectivity index (χ4n) is 2.01. The number of likely N-dealkylation sites (N-methyl/N-ethyl adjacent to an activating group) is 1. The van der Waals surface area contributed by atoms with Crippen LogP contribution < -0.4 is 10.6 Å². The van der Waals surface area contributed by atoms with Gasteiger partial charge < -0.3 is 15.5 Å². The molecule has 1 atom stereocenters. The summed E-state index contributed by atoms with van der Waals surface area (Å²) in [5.74, 6) is 2.54. The van der Waals surface area contributed by atoms with Crippen molar-refractivity contribution >= 4 is 23.6 Å². The largest absolute Gasteiger partial charge is 0.356 e. The van der Waals surface area contributed by atoms with Crippen LogP contribution in [0.5, 0.6) is 0 Å². The maximum absolute atomic E-state index is 11.7. The van der Waals surface area contributed by atoms with Crippen molar-refractivity contribution in [3.63, 3.8) is 0 Å². The van der Waals surface area contributed by atoms with Crippen molar-refractivity contribution in [2.45, 2.75) is 38.4 Å². The summed E-state index contributed by atoms with van der Waals surface area (Å²) in [6.45, 7) is 8.53. The topological polar surface area (TPSA) is 56.7 Å². The lowest BCUT2D eigenvalue weighted by molar-refractivity contribution is -0.127. The van der Waals surface area contributed by atoms with Crippen molar-refractivity contribution in [2.75, 3.05) is 39.5 Å². The fourth-order valence-corrected chi connectivity index (χ4v) is 3.25. The van der Waals surface area contributed by atoms with Gasteiger partial charge in [-0.15, -0.1) is 0 Å². The van der Waals surface area contributed by atoms with Gasteiger partial charge in [0, 0.05) is 31.9 Å². The van der Waals surface area contributed by atoms with Crippen molar-refractivity contribution in [3.05, 3.63) is 0 Å². The third-order valence-electron chi connectivity index (χ3n) is 3.48. The van der Waals surface area contributed by atoms with Gasteiger partial charge in [0.05, 0.1) is 0 Å². The predicted octanol–water partition coefficient (Wildman–Crippen LogP) is 1.55. The van der Waals surface area contributed by atoms with Gasteiger partial charge in [-0.3, -0.25) is 4.79 Å². The van der Waals surface area contributed by atoms with Gasteiger partial charge in [-0.1, -0.05) is 13.8 Å². The molecule has 0 aromatic rings. The van der Waals surface area contributed by atoms with E-state index in [1.807, 2.05) is 11.8 Å². The molecule has 1 rings (SSSR count). The lowest BCUT2D eigenvalue weighted by Crippen LogP contribution is -2.45. The summed E-state index contributed by atoms with van der Waals surface area (Å²) in [6.07, 6.45) is 2.52. The molecular weight excluding hydrogens is 284 g/mol. The van der Waals surface area contributed by atoms with Gasteiger partial charge in [-0.05, 0) is 31.4 Å². The second kappa shape index (κ2) is 8.51. The molecule has 1 amide bonds. The number of hydrogen-bond acceptors (Lipinski definition) is 3. The molecule has 0 saturated carbocycles. The van der Waals surface area contributed by atoms with E-state index < -0.39 is 0 Å². The number of hydrogen-bond donors (Lipinski definition) is 2. The second-order valence-corrected chi connectivity index (χ2v) is 8.17. The predicted molar refractivity (Wildman–Crippen MR) is 91.9 cm³/mol. The first-order valence-corrected chi connectivity index (χ1v) is 8.67. The molecule has 0 bridgehead atoms. The molecule has 0 radical (unpaired) electrons. The molecule has 1 saturated heterocycles. The average molecular weight is 314 g/mol. The molecule has 1 aliphatic heterocycles. The average Bonchev–Trinajstić information content (AvgIpc) is 2.84. The minimum Gasteiger partial charge on any atom is -0.356 e. The molecule has 1 heterocycles. The molecule has 21 heavy (non-hydrogen) atoms. The first kappa shape index (κ1) is 18.1. The Kier molecular flexibility index (Phi) is 7.35. The highest BCUT2D eigenvalue weighted by Crippen LogP contribution is 2.36. The zero-order valence-corrected chi connectivity index (χ0v) is 14.8. The van der Waals surface area contributed by atoms with Crippen LogP contribution in [0.15, 0.2) is 4.99 Å². The zero-order valence-electron chi connectivity index (χ0n) is 14.0. The van der Waals surface area contributed by atoms with E-state index in [9.17, 15) is 4.79 Å². The molecule has 0 aliphatic carbocycles. The summed E-state index contributed by atoms with van der Waals surface area (Å²) in [5, 5.41) is 6.71. The van der Waals surface area contributed by atoms with Crippen LogP contribution >= 0.6 is 11.8 Å². The molecule has 0 aromatic heterocycles. The Balaban J connectivity index is 2.54. The van der Waals surface area contributed by atoms with E-state index in [2.05, 4.69) is 36.4 Å². The molecule has 0 spiro atoms. The molecule has 2 N–H and O–H groups in total. The lowest BCUT2D eigenvalue weighted by atomic mass is 10.1. The number of rotatable bonds is 6. The lowest BCUT2D eigenvalue weighted by Gasteiger charge is -2.24. The van der Waals surface area contributed by atoms with Crippen LogP contribution in [0.1, 0.15) is 33.6 Å². The van der Waals surface area contributed by atoms with E-state index in [0.29, 0.717) is 5.92 Å². The number of nitrogens with one attached hydrogen (secondary N) is 2. The van der Waals surface area contributed by atoms with Crippen LogP contribution in [0.4, 0.5) is 0 Å². The summed E-state index contributed by atoms with van der Waals surface area (Å²) >= 11 is 2.02. The Morgan fingerprint density at radius 2 is 2.10 bits per heavy atom. The Morgan fingerprint density at radius 1 is 1.38 bits per heavy atom. The van der Waals surface area contributed by atoms with Gasteiger partial charge in [0.1, 0.15) is 6.54 Å². The smallest absolute Gasteiger partial charge is 0.243 e. The number of carbonyl (C=O) groups is 1. The Morgan fingerprint density at radius 3 is 2.62 bits per heavy atom. The third kappa shape index (κ3) is 7.07. The SMILES string of the molecule is CC(C)CNC(=NCC(=O)N(C)C)NCC1(C)CCCS1. The van der Waals surface area contributed by atoms with Gasteiger partial charge in [-0.2, -0.15) is 11.8 Å². The first-order valence-electron chi connectivity index (χ1n) is 7.69. The molecule has 1 unspecified atom stereocenters. The van der Waals surface area contributed by atoms with Gasteiger partial charge >= 0.3 is 0 Å². The highest BCUT2D eigenvalue weighted by atomic mass is 32.2. The molecule has 1 aliphatic rings. The Bertz CT molecular complexity index is 363. The monoisotopic (exact) mass is 314 g/mol. The number of guanidine groups is 1. The van der Waals surface area contributed by atoms with Crippen LogP contribution in [0, 0.1) is 5.92 Å². The molecule has 5 nitrogen and oxygen atoms in total. The standard InChI is InChI=1S/C15H30N4OS/c1-12(2)9-16-14(17-10-13(20)19(4)5)18-11-15(3)7-6-8-21-15/h12H,6-11H2,1-5H3,(H2,16,17,18). The normalized spacial score (nSPS) is 22.5. The van der Waals surface area contributed by atoms with E-state index in [4.69, 9.17) is 0 Å². The van der Waals surface area contributed by atoms with Gasteiger partial charge in [0.2, 0.25) is 5.91 Å². The van der Waals surface area contributed by atoms with Crippen molar-refractivity contribution in [3.8, 4) is 0 Å². The fraction of sp³-hybridized carbons (Fsp3) is 0.867. The second-order valence-electron chi connectivity index (χ2n) is 6.48. The van der Waals surface area contributed by atoms with Gasteiger partial charge in [0.15, 0.2) is 5.96 Å². The highest BCUT2D eigenvalue weighted by molar-refractivity contribution is 8.00. The zero-order chi connectivity index (χ0) is 15.9. The van der Waals surface area contributed by atoms with Crippen molar-refractivity contribution < 1.29 is 4.79 Å². The number of thioether (sulfide) groups is 1. The van der Waals surface area contributed by atoms with Crippen LogP contribution in [0.25, 0.3) is 0 Å². The maximum Gasteiger partial charge on any atom is 0.243 e. The molecule has 6 heteroatoms. The summed E-state index contributed by atoms with van der Waals surface area (Å²) in [5.41, 5.74) is 0. The number of nitrogens with zero attached hydrogens (tertiary/aromatic N) is 2. The maximum atomic E-state index is 11.7.